The molecule has 0 aliphatic rings. The van der Waals surface area contributed by atoms with Gasteiger partial charge in [-0.1, -0.05) is 50.6 Å². The number of halogens is 1. The van der Waals surface area contributed by atoms with Crippen LogP contribution < -0.4 is 10.6 Å². The molecule has 3 nitrogen and oxygen atoms in total. The first kappa shape index (κ1) is 15.4. The highest BCUT2D eigenvalue weighted by atomic mass is 35.5. The molecular weight excluding hydrogens is 284 g/mol. The van der Waals surface area contributed by atoms with Gasteiger partial charge in [-0.2, -0.15) is 0 Å². The van der Waals surface area contributed by atoms with Crippen LogP contribution in [0, 0.1) is 0 Å². The third kappa shape index (κ3) is 4.50. The number of amides is 2. The summed E-state index contributed by atoms with van der Waals surface area (Å²) in [6, 6.07) is 14.6. The maximum absolute atomic E-state index is 11.9. The standard InChI is InChI=1S/C17H19ClN2O/c1-17(2,3)12-7-9-14(10-8-12)19-16(21)20-15-6-4-5-13(18)11-15/h4-11H,1-3H3,(H2,19,20,21). The Bertz CT molecular complexity index is 630. The summed E-state index contributed by atoms with van der Waals surface area (Å²) in [6.07, 6.45) is 0. The number of urea groups is 1. The zero-order chi connectivity index (χ0) is 15.5. The predicted octanol–water partition coefficient (Wildman–Crippen LogP) is 5.28. The van der Waals surface area contributed by atoms with Gasteiger partial charge < -0.3 is 10.6 Å². The van der Waals surface area contributed by atoms with Crippen LogP contribution in [0.1, 0.15) is 26.3 Å². The molecule has 2 N–H and O–H groups in total. The van der Waals surface area contributed by atoms with Gasteiger partial charge in [0.15, 0.2) is 0 Å². The number of hydrogen-bond acceptors (Lipinski definition) is 1. The van der Waals surface area contributed by atoms with Crippen LogP contribution in [-0.4, -0.2) is 6.03 Å². The summed E-state index contributed by atoms with van der Waals surface area (Å²) in [6.45, 7) is 6.46. The van der Waals surface area contributed by atoms with Gasteiger partial charge in [0.2, 0.25) is 0 Å². The highest BCUT2D eigenvalue weighted by molar-refractivity contribution is 6.30. The van der Waals surface area contributed by atoms with Crippen molar-refractivity contribution in [1.82, 2.24) is 0 Å². The van der Waals surface area contributed by atoms with Crippen molar-refractivity contribution in [2.24, 2.45) is 0 Å². The van der Waals surface area contributed by atoms with Crippen LogP contribution in [0.25, 0.3) is 0 Å². The van der Waals surface area contributed by atoms with Gasteiger partial charge in [0.1, 0.15) is 0 Å². The molecule has 0 bridgehead atoms. The van der Waals surface area contributed by atoms with Crippen molar-refractivity contribution < 1.29 is 4.79 Å². The number of anilines is 2. The molecule has 110 valence electrons. The third-order valence-corrected chi connectivity index (χ3v) is 3.33. The first-order valence-corrected chi connectivity index (χ1v) is 7.16. The van der Waals surface area contributed by atoms with Crippen molar-refractivity contribution in [3.63, 3.8) is 0 Å². The quantitative estimate of drug-likeness (QED) is 0.778. The molecule has 0 radical (unpaired) electrons. The van der Waals surface area contributed by atoms with Gasteiger partial charge in [-0.25, -0.2) is 4.79 Å². The monoisotopic (exact) mass is 302 g/mol. The number of benzene rings is 2. The second kappa shape index (κ2) is 6.19. The molecule has 2 amide bonds. The molecule has 21 heavy (non-hydrogen) atoms. The molecule has 0 aromatic heterocycles. The highest BCUT2D eigenvalue weighted by Crippen LogP contribution is 2.23. The Morgan fingerprint density at radius 2 is 1.57 bits per heavy atom. The van der Waals surface area contributed by atoms with Crippen LogP contribution in [0.15, 0.2) is 48.5 Å². The Labute approximate surface area is 130 Å². The molecule has 2 rings (SSSR count). The summed E-state index contributed by atoms with van der Waals surface area (Å²) < 4.78 is 0. The van der Waals surface area contributed by atoms with E-state index in [4.69, 9.17) is 11.6 Å². The Hall–Kier alpha value is -2.00. The minimum Gasteiger partial charge on any atom is -0.308 e. The minimum absolute atomic E-state index is 0.0988. The molecule has 0 unspecified atom stereocenters. The van der Waals surface area contributed by atoms with Gasteiger partial charge in [0, 0.05) is 16.4 Å². The Balaban J connectivity index is 2.00. The third-order valence-electron chi connectivity index (χ3n) is 3.09. The molecule has 0 saturated heterocycles. The van der Waals surface area contributed by atoms with Crippen LogP contribution in [0.4, 0.5) is 16.2 Å². The summed E-state index contributed by atoms with van der Waals surface area (Å²) in [4.78, 5) is 11.9. The van der Waals surface area contributed by atoms with Crippen LogP contribution >= 0.6 is 11.6 Å². The lowest BCUT2D eigenvalue weighted by molar-refractivity contribution is 0.262. The predicted molar refractivity (Wildman–Crippen MR) is 89.2 cm³/mol. The summed E-state index contributed by atoms with van der Waals surface area (Å²) in [5.41, 5.74) is 2.74. The van der Waals surface area contributed by atoms with Gasteiger partial charge in [-0.3, -0.25) is 0 Å². The molecule has 0 atom stereocenters. The van der Waals surface area contributed by atoms with Gasteiger partial charge in [-0.15, -0.1) is 0 Å². The second-order valence-corrected chi connectivity index (χ2v) is 6.35. The van der Waals surface area contributed by atoms with Crippen molar-refractivity contribution >= 4 is 29.0 Å². The van der Waals surface area contributed by atoms with Gasteiger partial charge in [0.25, 0.3) is 0 Å². The maximum Gasteiger partial charge on any atom is 0.323 e. The van der Waals surface area contributed by atoms with Crippen LogP contribution in [0.2, 0.25) is 5.02 Å². The van der Waals surface area contributed by atoms with E-state index in [9.17, 15) is 4.79 Å². The average Bonchev–Trinajstić information content (AvgIpc) is 2.38. The zero-order valence-corrected chi connectivity index (χ0v) is 13.2. The van der Waals surface area contributed by atoms with E-state index in [2.05, 4.69) is 31.4 Å². The summed E-state index contributed by atoms with van der Waals surface area (Å²) in [5.74, 6) is 0. The van der Waals surface area contributed by atoms with Gasteiger partial charge in [-0.05, 0) is 41.3 Å². The molecule has 0 spiro atoms. The molecule has 0 aliphatic carbocycles. The van der Waals surface area contributed by atoms with E-state index in [-0.39, 0.29) is 11.4 Å². The molecule has 0 aliphatic heterocycles. The summed E-state index contributed by atoms with van der Waals surface area (Å²) in [5, 5.41) is 6.12. The van der Waals surface area contributed by atoms with Crippen molar-refractivity contribution in [2.75, 3.05) is 10.6 Å². The molecule has 4 heteroatoms. The molecule has 0 fully saturated rings. The van der Waals surface area contributed by atoms with Crippen LogP contribution in [-0.2, 0) is 5.41 Å². The first-order valence-electron chi connectivity index (χ1n) is 6.79. The number of carbonyl (C=O) groups is 1. The number of rotatable bonds is 2. The molecule has 2 aromatic carbocycles. The van der Waals surface area contributed by atoms with Crippen molar-refractivity contribution in [2.45, 2.75) is 26.2 Å². The lowest BCUT2D eigenvalue weighted by Gasteiger charge is -2.19. The molecule has 2 aromatic rings. The Morgan fingerprint density at radius 1 is 0.952 bits per heavy atom. The maximum atomic E-state index is 11.9. The van der Waals surface area contributed by atoms with E-state index >= 15 is 0 Å². The second-order valence-electron chi connectivity index (χ2n) is 5.92. The Morgan fingerprint density at radius 3 is 2.14 bits per heavy atom. The van der Waals surface area contributed by atoms with Crippen LogP contribution in [0.3, 0.4) is 0 Å². The van der Waals surface area contributed by atoms with E-state index in [1.54, 1.807) is 24.3 Å². The number of hydrogen-bond donors (Lipinski definition) is 2. The zero-order valence-electron chi connectivity index (χ0n) is 12.4. The summed E-state index contributed by atoms with van der Waals surface area (Å²) in [7, 11) is 0. The summed E-state index contributed by atoms with van der Waals surface area (Å²) >= 11 is 5.88. The highest BCUT2D eigenvalue weighted by Gasteiger charge is 2.13. The fraction of sp³-hybridized carbons (Fsp3) is 0.235. The van der Waals surface area contributed by atoms with E-state index in [0.717, 1.165) is 5.69 Å². The SMILES string of the molecule is CC(C)(C)c1ccc(NC(=O)Nc2cccc(Cl)c2)cc1. The van der Waals surface area contributed by atoms with Crippen molar-refractivity contribution in [3.05, 3.63) is 59.1 Å². The van der Waals surface area contributed by atoms with E-state index in [1.807, 2.05) is 24.3 Å². The molecule has 0 saturated carbocycles. The van der Waals surface area contributed by atoms with Crippen molar-refractivity contribution in [3.8, 4) is 0 Å². The number of nitrogens with one attached hydrogen (secondary N) is 2. The smallest absolute Gasteiger partial charge is 0.308 e. The molecule has 0 heterocycles. The first-order chi connectivity index (χ1) is 9.84. The van der Waals surface area contributed by atoms with E-state index < -0.39 is 0 Å². The normalized spacial score (nSPS) is 11.0. The average molecular weight is 303 g/mol. The Kier molecular flexibility index (Phi) is 4.53. The topological polar surface area (TPSA) is 41.1 Å². The van der Waals surface area contributed by atoms with Gasteiger partial charge in [0.05, 0.1) is 0 Å². The minimum atomic E-state index is -0.291. The lowest BCUT2D eigenvalue weighted by Crippen LogP contribution is -2.19. The lowest BCUT2D eigenvalue weighted by atomic mass is 9.87. The fourth-order valence-electron chi connectivity index (χ4n) is 1.91. The molecular formula is C17H19ClN2O. The largest absolute Gasteiger partial charge is 0.323 e. The van der Waals surface area contributed by atoms with Crippen molar-refractivity contribution in [1.29, 1.82) is 0 Å². The fourth-order valence-corrected chi connectivity index (χ4v) is 2.10. The number of carbonyl (C=O) groups excluding carboxylic acids is 1. The van der Waals surface area contributed by atoms with Gasteiger partial charge >= 0.3 is 6.03 Å². The van der Waals surface area contributed by atoms with Crippen LogP contribution in [0.5, 0.6) is 0 Å². The van der Waals surface area contributed by atoms with E-state index in [0.29, 0.717) is 10.7 Å². The van der Waals surface area contributed by atoms with E-state index in [1.165, 1.54) is 5.56 Å².